The third-order valence-corrected chi connectivity index (χ3v) is 9.89. The number of rotatable bonds is 6. The summed E-state index contributed by atoms with van der Waals surface area (Å²) in [7, 11) is 0. The first kappa shape index (κ1) is 28.4. The predicted octanol–water partition coefficient (Wildman–Crippen LogP) is 10.4. The van der Waals surface area contributed by atoms with Crippen LogP contribution in [-0.2, 0) is 12.8 Å². The topological polar surface area (TPSA) is 48.5 Å². The summed E-state index contributed by atoms with van der Waals surface area (Å²) >= 11 is 0. The average molecular weight is 622 g/mol. The Bertz CT molecular complexity index is 2430. The molecule has 0 amide bonds. The van der Waals surface area contributed by atoms with E-state index < -0.39 is 0 Å². The van der Waals surface area contributed by atoms with Gasteiger partial charge in [-0.25, -0.2) is 4.98 Å². The minimum Gasteiger partial charge on any atom is -0.308 e. The van der Waals surface area contributed by atoms with Crippen molar-refractivity contribution in [2.24, 2.45) is 5.92 Å². The molecule has 3 aromatic heterocycles. The van der Waals surface area contributed by atoms with Gasteiger partial charge < -0.3 is 4.57 Å². The van der Waals surface area contributed by atoms with Crippen LogP contribution in [0.3, 0.4) is 0 Å². The fourth-order valence-corrected chi connectivity index (χ4v) is 7.40. The highest BCUT2D eigenvalue weighted by Gasteiger charge is 2.27. The monoisotopic (exact) mass is 621 g/mol. The maximum Gasteiger partial charge on any atom is 0.238 e. The van der Waals surface area contributed by atoms with Crippen molar-refractivity contribution in [3.05, 3.63) is 144 Å². The minimum absolute atomic E-state index is 0.520. The van der Waals surface area contributed by atoms with Crippen LogP contribution in [0.25, 0.3) is 73.2 Å². The van der Waals surface area contributed by atoms with Gasteiger partial charge in [0.1, 0.15) is 0 Å². The molecule has 0 aliphatic heterocycles. The number of aryl methyl sites for hydroxylation is 1. The zero-order valence-corrected chi connectivity index (χ0v) is 27.1. The first-order chi connectivity index (χ1) is 23.7. The molecule has 0 saturated heterocycles. The normalized spacial score (nSPS) is 14.2. The summed E-state index contributed by atoms with van der Waals surface area (Å²) in [6, 6.07) is 42.7. The first-order valence-electron chi connectivity index (χ1n) is 17.0. The largest absolute Gasteiger partial charge is 0.308 e. The molecule has 0 fully saturated rings. The summed E-state index contributed by atoms with van der Waals surface area (Å²) in [5.41, 5.74) is 10.4. The molecule has 0 radical (unpaired) electrons. The Morgan fingerprint density at radius 1 is 0.625 bits per heavy atom. The van der Waals surface area contributed by atoms with E-state index in [1.54, 1.807) is 0 Å². The van der Waals surface area contributed by atoms with Crippen molar-refractivity contribution in [2.45, 2.75) is 33.1 Å². The summed E-state index contributed by atoms with van der Waals surface area (Å²) < 4.78 is 4.75. The summed E-state index contributed by atoms with van der Waals surface area (Å²) in [6.45, 7) is 4.50. The summed E-state index contributed by atoms with van der Waals surface area (Å²) in [6.07, 6.45) is 7.84. The van der Waals surface area contributed by atoms with Crippen LogP contribution in [0.15, 0.2) is 127 Å². The molecule has 0 spiro atoms. The average Bonchev–Trinajstić information content (AvgIpc) is 3.67. The molecule has 1 aliphatic carbocycles. The van der Waals surface area contributed by atoms with Crippen LogP contribution in [0.5, 0.6) is 0 Å². The molecule has 1 aliphatic rings. The Morgan fingerprint density at radius 3 is 1.90 bits per heavy atom. The van der Waals surface area contributed by atoms with Gasteiger partial charge in [-0.2, -0.15) is 9.97 Å². The van der Waals surface area contributed by atoms with E-state index in [1.807, 2.05) is 36.4 Å². The number of para-hydroxylation sites is 1. The van der Waals surface area contributed by atoms with Gasteiger partial charge in [0.15, 0.2) is 11.6 Å². The van der Waals surface area contributed by atoms with E-state index in [0.717, 1.165) is 47.1 Å². The number of benzene rings is 5. The van der Waals surface area contributed by atoms with Crippen molar-refractivity contribution in [3.8, 4) is 34.4 Å². The second kappa shape index (κ2) is 11.5. The number of fused-ring (bicyclic) bond motifs is 7. The zero-order valence-electron chi connectivity index (χ0n) is 27.1. The van der Waals surface area contributed by atoms with Gasteiger partial charge in [-0.1, -0.05) is 117 Å². The van der Waals surface area contributed by atoms with Crippen LogP contribution in [0.1, 0.15) is 37.1 Å². The summed E-state index contributed by atoms with van der Waals surface area (Å²) in [5.74, 6) is 2.43. The van der Waals surface area contributed by atoms with Crippen LogP contribution < -0.4 is 0 Å². The van der Waals surface area contributed by atoms with E-state index in [9.17, 15) is 0 Å². The van der Waals surface area contributed by atoms with Crippen molar-refractivity contribution in [1.82, 2.24) is 24.1 Å². The van der Waals surface area contributed by atoms with E-state index in [2.05, 4.69) is 120 Å². The molecule has 0 N–H and O–H groups in total. The minimum atomic E-state index is 0.520. The Balaban J connectivity index is 1.46. The second-order valence-electron chi connectivity index (χ2n) is 12.7. The Labute approximate surface area is 279 Å². The third-order valence-electron chi connectivity index (χ3n) is 9.89. The third kappa shape index (κ3) is 4.49. The number of hydrogen-bond donors (Lipinski definition) is 0. The van der Waals surface area contributed by atoms with Crippen molar-refractivity contribution in [1.29, 1.82) is 0 Å². The quantitative estimate of drug-likeness (QED) is 0.186. The molecular weight excluding hydrogens is 587 g/mol. The van der Waals surface area contributed by atoms with E-state index in [1.165, 1.54) is 38.5 Å². The molecule has 8 aromatic rings. The van der Waals surface area contributed by atoms with Gasteiger partial charge in [-0.3, -0.25) is 4.57 Å². The van der Waals surface area contributed by atoms with E-state index in [-0.39, 0.29) is 0 Å². The Hall–Kier alpha value is -5.81. The lowest BCUT2D eigenvalue weighted by Gasteiger charge is -2.17. The Morgan fingerprint density at radius 2 is 1.25 bits per heavy atom. The fraction of sp³-hybridized carbons (Fsp3) is 0.140. The standard InChI is InChI=1S/C43H35N5/c1-3-28-20-24-37-35(26-28)33-22-23-34-36-27-29(4-2)21-25-38(36)48(40(34)39(33)47(37)32-18-12-7-13-19-32)43-45-41(30-14-8-5-9-15-30)44-42(46-43)31-16-10-6-11-17-31/h5-25,27-28H,3-4,26H2,1-2H3. The van der Waals surface area contributed by atoms with Crippen molar-refractivity contribution in [3.63, 3.8) is 0 Å². The molecule has 1 unspecified atom stereocenters. The van der Waals surface area contributed by atoms with Gasteiger partial charge in [0.25, 0.3) is 0 Å². The van der Waals surface area contributed by atoms with Gasteiger partial charge in [0, 0.05) is 38.7 Å². The van der Waals surface area contributed by atoms with Crippen LogP contribution in [0.2, 0.25) is 0 Å². The van der Waals surface area contributed by atoms with Crippen LogP contribution in [0, 0.1) is 5.92 Å². The highest BCUT2D eigenvalue weighted by atomic mass is 15.2. The summed E-state index contributed by atoms with van der Waals surface area (Å²) in [5, 5.41) is 3.68. The maximum atomic E-state index is 5.25. The molecule has 3 heterocycles. The van der Waals surface area contributed by atoms with Gasteiger partial charge in [-0.15, -0.1) is 0 Å². The van der Waals surface area contributed by atoms with E-state index in [4.69, 9.17) is 15.0 Å². The van der Waals surface area contributed by atoms with Gasteiger partial charge in [-0.05, 0) is 66.6 Å². The molecule has 5 heteroatoms. The SMILES string of the molecule is CCc1ccc2c(c1)c1ccc3c4c(n(-c5ccccc5)c3c1n2-c1nc(-c2ccccc2)nc(-c2ccccc2)n1)C=CC(CC)C4. The summed E-state index contributed by atoms with van der Waals surface area (Å²) in [4.78, 5) is 15.5. The fourth-order valence-electron chi connectivity index (χ4n) is 7.40. The van der Waals surface area contributed by atoms with Gasteiger partial charge in [0.2, 0.25) is 5.95 Å². The number of nitrogens with zero attached hydrogens (tertiary/aromatic N) is 5. The highest BCUT2D eigenvalue weighted by molar-refractivity contribution is 6.19. The number of aromatic nitrogens is 5. The van der Waals surface area contributed by atoms with Gasteiger partial charge >= 0.3 is 0 Å². The van der Waals surface area contributed by atoms with Crippen LogP contribution in [-0.4, -0.2) is 24.1 Å². The smallest absolute Gasteiger partial charge is 0.238 e. The van der Waals surface area contributed by atoms with Crippen molar-refractivity contribution in [2.75, 3.05) is 0 Å². The molecule has 5 aromatic carbocycles. The van der Waals surface area contributed by atoms with E-state index >= 15 is 0 Å². The number of hydrogen-bond acceptors (Lipinski definition) is 3. The first-order valence-corrected chi connectivity index (χ1v) is 17.0. The van der Waals surface area contributed by atoms with Gasteiger partial charge in [0.05, 0.1) is 16.6 Å². The second-order valence-corrected chi connectivity index (χ2v) is 12.7. The van der Waals surface area contributed by atoms with E-state index in [0.29, 0.717) is 23.5 Å². The molecular formula is C43H35N5. The molecule has 0 saturated carbocycles. The molecule has 232 valence electrons. The lowest BCUT2D eigenvalue weighted by atomic mass is 9.90. The Kier molecular flexibility index (Phi) is 6.78. The molecule has 5 nitrogen and oxygen atoms in total. The number of allylic oxidation sites excluding steroid dienone is 1. The van der Waals surface area contributed by atoms with Crippen LogP contribution >= 0.6 is 0 Å². The molecule has 1 atom stereocenters. The highest BCUT2D eigenvalue weighted by Crippen LogP contribution is 2.43. The molecule has 48 heavy (non-hydrogen) atoms. The zero-order chi connectivity index (χ0) is 32.2. The molecule has 9 rings (SSSR count). The lowest BCUT2D eigenvalue weighted by Crippen LogP contribution is -2.08. The predicted molar refractivity (Wildman–Crippen MR) is 198 cm³/mol. The lowest BCUT2D eigenvalue weighted by molar-refractivity contribution is 0.621. The molecule has 0 bridgehead atoms. The maximum absolute atomic E-state index is 5.25. The van der Waals surface area contributed by atoms with Crippen molar-refractivity contribution < 1.29 is 0 Å². The van der Waals surface area contributed by atoms with Crippen molar-refractivity contribution >= 4 is 38.8 Å². The van der Waals surface area contributed by atoms with Crippen LogP contribution in [0.4, 0.5) is 0 Å².